The lowest BCUT2D eigenvalue weighted by molar-refractivity contribution is 0.353. The fourth-order valence-electron chi connectivity index (χ4n) is 9.82. The minimum absolute atomic E-state index is 0.0911. The van der Waals surface area contributed by atoms with Gasteiger partial charge in [-0.3, -0.25) is 0 Å². The van der Waals surface area contributed by atoms with Crippen molar-refractivity contribution < 1.29 is 0 Å². The first-order chi connectivity index (χ1) is 27.7. The van der Waals surface area contributed by atoms with Gasteiger partial charge in [-0.05, 0) is 97.1 Å². The molecule has 9 aromatic rings. The van der Waals surface area contributed by atoms with E-state index in [4.69, 9.17) is 9.97 Å². The summed E-state index contributed by atoms with van der Waals surface area (Å²) in [5, 5.41) is 5.21. The standard InChI is InChI=1S/C54H40N2/c1-4-15-37(16-5-1)50-35-51(56-53(55-50)39-17-6-2-7-18-39)38-27-25-36(26-28-38)42-29-30-45(44-22-11-10-21-43(42)44)46-23-14-24-48-52(46)47-33-40-19-8-9-20-41(40)34-49(47)54(48)31-12-3-13-32-54/h1-2,4-11,14-30,33-35H,3,12-13,31-32H2. The molecule has 0 unspecified atom stereocenters. The minimum atomic E-state index is 0.0911. The number of hydrogen-bond acceptors (Lipinski definition) is 2. The van der Waals surface area contributed by atoms with Gasteiger partial charge in [0.15, 0.2) is 5.82 Å². The highest BCUT2D eigenvalue weighted by Crippen LogP contribution is 2.59. The molecule has 0 aliphatic heterocycles. The van der Waals surface area contributed by atoms with Crippen molar-refractivity contribution in [2.75, 3.05) is 0 Å². The molecule has 0 N–H and O–H groups in total. The monoisotopic (exact) mass is 716 g/mol. The van der Waals surface area contributed by atoms with Crippen molar-refractivity contribution in [2.24, 2.45) is 0 Å². The van der Waals surface area contributed by atoms with Gasteiger partial charge in [0, 0.05) is 22.1 Å². The van der Waals surface area contributed by atoms with E-state index in [1.807, 2.05) is 24.3 Å². The zero-order chi connectivity index (χ0) is 37.1. The Morgan fingerprint density at radius 3 is 1.64 bits per heavy atom. The summed E-state index contributed by atoms with van der Waals surface area (Å²) >= 11 is 0. The molecule has 1 fully saturated rings. The molecule has 2 aliphatic carbocycles. The van der Waals surface area contributed by atoms with Crippen molar-refractivity contribution >= 4 is 21.5 Å². The van der Waals surface area contributed by atoms with Crippen molar-refractivity contribution in [1.29, 1.82) is 0 Å². The molecule has 0 amide bonds. The van der Waals surface area contributed by atoms with Crippen molar-refractivity contribution in [2.45, 2.75) is 37.5 Å². The smallest absolute Gasteiger partial charge is 0.160 e. The van der Waals surface area contributed by atoms with Crippen LogP contribution in [0.15, 0.2) is 182 Å². The number of fused-ring (bicyclic) bond motifs is 7. The van der Waals surface area contributed by atoms with E-state index in [2.05, 4.69) is 158 Å². The highest BCUT2D eigenvalue weighted by molar-refractivity contribution is 6.09. The largest absolute Gasteiger partial charge is 0.228 e. The Morgan fingerprint density at radius 1 is 0.357 bits per heavy atom. The molecule has 2 heteroatoms. The lowest BCUT2D eigenvalue weighted by Crippen LogP contribution is -2.28. The third-order valence-corrected chi connectivity index (χ3v) is 12.5. The Kier molecular flexibility index (Phi) is 7.77. The fraction of sp³-hybridized carbons (Fsp3) is 0.111. The molecule has 1 saturated carbocycles. The summed E-state index contributed by atoms with van der Waals surface area (Å²) in [5.41, 5.74) is 16.0. The molecule has 2 aliphatic rings. The van der Waals surface area contributed by atoms with Crippen molar-refractivity contribution in [1.82, 2.24) is 9.97 Å². The number of nitrogens with zero attached hydrogens (tertiary/aromatic N) is 2. The molecule has 1 heterocycles. The summed E-state index contributed by atoms with van der Waals surface area (Å²) in [4.78, 5) is 10.1. The van der Waals surface area contributed by atoms with Crippen LogP contribution < -0.4 is 0 Å². The second-order valence-corrected chi connectivity index (χ2v) is 15.6. The summed E-state index contributed by atoms with van der Waals surface area (Å²) in [6.45, 7) is 0. The van der Waals surface area contributed by atoms with Crippen LogP contribution in [0.1, 0.15) is 43.2 Å². The molecule has 2 nitrogen and oxygen atoms in total. The Morgan fingerprint density at radius 2 is 0.929 bits per heavy atom. The maximum absolute atomic E-state index is 5.08. The first-order valence-electron chi connectivity index (χ1n) is 20.0. The van der Waals surface area contributed by atoms with E-state index in [0.29, 0.717) is 0 Å². The number of rotatable bonds is 5. The molecule has 0 bridgehead atoms. The van der Waals surface area contributed by atoms with Gasteiger partial charge in [0.2, 0.25) is 0 Å². The lowest BCUT2D eigenvalue weighted by atomic mass is 9.67. The minimum Gasteiger partial charge on any atom is -0.228 e. The predicted molar refractivity (Wildman–Crippen MR) is 234 cm³/mol. The number of benzene rings is 8. The van der Waals surface area contributed by atoms with Gasteiger partial charge in [-0.25, -0.2) is 9.97 Å². The Bertz CT molecular complexity index is 2860. The predicted octanol–water partition coefficient (Wildman–Crippen LogP) is 14.3. The molecular weight excluding hydrogens is 677 g/mol. The van der Waals surface area contributed by atoms with E-state index in [1.54, 1.807) is 0 Å². The molecular formula is C54H40N2. The maximum Gasteiger partial charge on any atom is 0.160 e. The van der Waals surface area contributed by atoms with Gasteiger partial charge in [-0.15, -0.1) is 0 Å². The van der Waals surface area contributed by atoms with Crippen LogP contribution in [0.4, 0.5) is 0 Å². The average Bonchev–Trinajstić information content (AvgIpc) is 3.53. The Balaban J connectivity index is 1.02. The highest BCUT2D eigenvalue weighted by atomic mass is 14.9. The summed E-state index contributed by atoms with van der Waals surface area (Å²) in [7, 11) is 0. The summed E-state index contributed by atoms with van der Waals surface area (Å²) in [6.07, 6.45) is 6.34. The van der Waals surface area contributed by atoms with Gasteiger partial charge in [-0.2, -0.15) is 0 Å². The topological polar surface area (TPSA) is 25.8 Å². The quantitative estimate of drug-likeness (QED) is 0.177. The first-order valence-corrected chi connectivity index (χ1v) is 20.0. The van der Waals surface area contributed by atoms with E-state index in [0.717, 1.165) is 33.9 Å². The average molecular weight is 717 g/mol. The van der Waals surface area contributed by atoms with Crippen LogP contribution in [0.25, 0.3) is 88.8 Å². The molecule has 0 atom stereocenters. The third kappa shape index (κ3) is 5.32. The van der Waals surface area contributed by atoms with Crippen molar-refractivity contribution in [3.63, 3.8) is 0 Å². The molecule has 56 heavy (non-hydrogen) atoms. The van der Waals surface area contributed by atoms with Gasteiger partial charge in [0.05, 0.1) is 11.4 Å². The first kappa shape index (κ1) is 32.8. The van der Waals surface area contributed by atoms with E-state index < -0.39 is 0 Å². The molecule has 0 radical (unpaired) electrons. The number of hydrogen-bond donors (Lipinski definition) is 0. The van der Waals surface area contributed by atoms with E-state index in [9.17, 15) is 0 Å². The van der Waals surface area contributed by atoms with E-state index in [1.165, 1.54) is 98.2 Å². The second-order valence-electron chi connectivity index (χ2n) is 15.6. The van der Waals surface area contributed by atoms with Crippen LogP contribution in [-0.2, 0) is 5.41 Å². The van der Waals surface area contributed by atoms with Crippen LogP contribution in [0.5, 0.6) is 0 Å². The van der Waals surface area contributed by atoms with Crippen LogP contribution in [0.2, 0.25) is 0 Å². The van der Waals surface area contributed by atoms with Gasteiger partial charge in [0.25, 0.3) is 0 Å². The van der Waals surface area contributed by atoms with E-state index >= 15 is 0 Å². The molecule has 11 rings (SSSR count). The van der Waals surface area contributed by atoms with Crippen molar-refractivity contribution in [3.8, 4) is 67.3 Å². The van der Waals surface area contributed by atoms with Crippen LogP contribution in [0.3, 0.4) is 0 Å². The summed E-state index contributed by atoms with van der Waals surface area (Å²) < 4.78 is 0. The van der Waals surface area contributed by atoms with Crippen LogP contribution in [-0.4, -0.2) is 9.97 Å². The normalized spacial score (nSPS) is 14.2. The second kappa shape index (κ2) is 13.3. The molecule has 1 spiro atoms. The molecule has 0 saturated heterocycles. The molecule has 8 aromatic carbocycles. The molecule has 1 aromatic heterocycles. The zero-order valence-corrected chi connectivity index (χ0v) is 31.3. The third-order valence-electron chi connectivity index (χ3n) is 12.5. The SMILES string of the molecule is c1ccc(-c2cc(-c3ccc(-c4ccc(-c5cccc6c5-c5cc7ccccc7cc5C65CCCCC5)c5ccccc45)cc3)nc(-c3ccccc3)n2)cc1. The van der Waals surface area contributed by atoms with E-state index in [-0.39, 0.29) is 5.41 Å². The van der Waals surface area contributed by atoms with Gasteiger partial charge >= 0.3 is 0 Å². The highest BCUT2D eigenvalue weighted by Gasteiger charge is 2.44. The van der Waals surface area contributed by atoms with Gasteiger partial charge in [-0.1, -0.05) is 183 Å². The molecule has 266 valence electrons. The van der Waals surface area contributed by atoms with Crippen molar-refractivity contribution in [3.05, 3.63) is 193 Å². The van der Waals surface area contributed by atoms with Gasteiger partial charge in [0.1, 0.15) is 0 Å². The summed E-state index contributed by atoms with van der Waals surface area (Å²) in [6, 6.07) is 66.4. The Hall–Kier alpha value is -6.64. The van der Waals surface area contributed by atoms with Gasteiger partial charge < -0.3 is 0 Å². The number of aromatic nitrogens is 2. The van der Waals surface area contributed by atoms with Crippen LogP contribution in [0, 0.1) is 0 Å². The lowest BCUT2D eigenvalue weighted by Gasteiger charge is -2.36. The fourth-order valence-corrected chi connectivity index (χ4v) is 9.82. The maximum atomic E-state index is 5.08. The van der Waals surface area contributed by atoms with Crippen LogP contribution >= 0.6 is 0 Å². The Labute approximate surface area is 328 Å². The summed E-state index contributed by atoms with van der Waals surface area (Å²) in [5.74, 6) is 0.727. The zero-order valence-electron chi connectivity index (χ0n) is 31.3.